The van der Waals surface area contributed by atoms with Gasteiger partial charge < -0.3 is 15.3 Å². The number of nitrogens with zero attached hydrogens (tertiary/aromatic N) is 1. The van der Waals surface area contributed by atoms with Gasteiger partial charge in [-0.05, 0) is 17.7 Å². The summed E-state index contributed by atoms with van der Waals surface area (Å²) in [6.07, 6.45) is -3.33. The number of hydrogen-bond donors (Lipinski definition) is 3. The standard InChI is InChI=1S/C10H8ClNO4S/c11-10-12-5-2-1-4(3-6(5)17-10)7(13)8(14)9(15)16/h1-3,7-8,13-14H,(H,15,16). The maximum Gasteiger partial charge on any atom is 0.335 e. The molecule has 0 saturated carbocycles. The van der Waals surface area contributed by atoms with Crippen LogP contribution in [-0.4, -0.2) is 32.4 Å². The number of aliphatic carboxylic acids is 1. The predicted octanol–water partition coefficient (Wildman–Crippen LogP) is 1.43. The Bertz CT molecular complexity index is 570. The number of rotatable bonds is 3. The van der Waals surface area contributed by atoms with Gasteiger partial charge in [-0.3, -0.25) is 0 Å². The highest BCUT2D eigenvalue weighted by Crippen LogP contribution is 2.29. The fourth-order valence-electron chi connectivity index (χ4n) is 1.41. The number of carbonyl (C=O) groups is 1. The third kappa shape index (κ3) is 2.39. The minimum atomic E-state index is -1.85. The lowest BCUT2D eigenvalue weighted by Gasteiger charge is -2.13. The zero-order valence-electron chi connectivity index (χ0n) is 8.37. The summed E-state index contributed by atoms with van der Waals surface area (Å²) >= 11 is 6.95. The predicted molar refractivity (Wildman–Crippen MR) is 63.2 cm³/mol. The van der Waals surface area contributed by atoms with E-state index in [2.05, 4.69) is 4.98 Å². The Morgan fingerprint density at radius 1 is 1.41 bits per heavy atom. The molecule has 0 aliphatic carbocycles. The van der Waals surface area contributed by atoms with Crippen molar-refractivity contribution in [2.45, 2.75) is 12.2 Å². The molecule has 0 saturated heterocycles. The van der Waals surface area contributed by atoms with Crippen molar-refractivity contribution in [2.75, 3.05) is 0 Å². The number of aromatic nitrogens is 1. The third-order valence-electron chi connectivity index (χ3n) is 2.28. The molecule has 0 aliphatic rings. The molecule has 0 bridgehead atoms. The second kappa shape index (κ2) is 4.58. The molecule has 3 N–H and O–H groups in total. The molecule has 7 heteroatoms. The van der Waals surface area contributed by atoms with Crippen LogP contribution in [-0.2, 0) is 4.79 Å². The summed E-state index contributed by atoms with van der Waals surface area (Å²) in [5.74, 6) is -1.47. The Kier molecular flexibility index (Phi) is 3.30. The topological polar surface area (TPSA) is 90.7 Å². The van der Waals surface area contributed by atoms with Crippen molar-refractivity contribution in [3.8, 4) is 0 Å². The van der Waals surface area contributed by atoms with Gasteiger partial charge in [-0.2, -0.15) is 0 Å². The van der Waals surface area contributed by atoms with E-state index in [0.717, 1.165) is 4.70 Å². The Labute approximate surface area is 105 Å². The third-order valence-corrected chi connectivity index (χ3v) is 3.40. The summed E-state index contributed by atoms with van der Waals surface area (Å²) < 4.78 is 1.09. The Morgan fingerprint density at radius 3 is 2.76 bits per heavy atom. The monoisotopic (exact) mass is 273 g/mol. The molecule has 0 fully saturated rings. The van der Waals surface area contributed by atoms with Crippen LogP contribution in [0, 0.1) is 0 Å². The molecule has 2 atom stereocenters. The minimum absolute atomic E-state index is 0.313. The van der Waals surface area contributed by atoms with E-state index in [1.54, 1.807) is 12.1 Å². The first kappa shape index (κ1) is 12.3. The average molecular weight is 274 g/mol. The molecule has 2 rings (SSSR count). The van der Waals surface area contributed by atoms with Gasteiger partial charge in [-0.25, -0.2) is 9.78 Å². The summed E-state index contributed by atoms with van der Waals surface area (Å²) in [6, 6.07) is 4.69. The van der Waals surface area contributed by atoms with Crippen molar-refractivity contribution < 1.29 is 20.1 Å². The van der Waals surface area contributed by atoms with Gasteiger partial charge in [0.05, 0.1) is 10.2 Å². The normalized spacial score (nSPS) is 14.8. The van der Waals surface area contributed by atoms with Crippen molar-refractivity contribution in [2.24, 2.45) is 0 Å². The summed E-state index contributed by atoms with van der Waals surface area (Å²) in [5.41, 5.74) is 0.980. The van der Waals surface area contributed by atoms with Crippen molar-refractivity contribution in [1.29, 1.82) is 0 Å². The van der Waals surface area contributed by atoms with Crippen LogP contribution in [0.25, 0.3) is 10.2 Å². The minimum Gasteiger partial charge on any atom is -0.479 e. The van der Waals surface area contributed by atoms with E-state index in [0.29, 0.717) is 15.5 Å². The quantitative estimate of drug-likeness (QED) is 0.787. The van der Waals surface area contributed by atoms with Crippen LogP contribution in [0.3, 0.4) is 0 Å². The second-order valence-electron chi connectivity index (χ2n) is 3.42. The number of carboxylic acid groups (broad SMARTS) is 1. The molecule has 5 nitrogen and oxygen atoms in total. The Hall–Kier alpha value is -1.21. The van der Waals surface area contributed by atoms with Crippen LogP contribution >= 0.6 is 22.9 Å². The molecule has 1 heterocycles. The summed E-state index contributed by atoms with van der Waals surface area (Å²) in [5, 5.41) is 27.5. The summed E-state index contributed by atoms with van der Waals surface area (Å²) in [4.78, 5) is 14.6. The van der Waals surface area contributed by atoms with Gasteiger partial charge in [0.1, 0.15) is 6.10 Å². The lowest BCUT2D eigenvalue weighted by molar-refractivity contribution is -0.153. The first-order valence-corrected chi connectivity index (χ1v) is 5.83. The van der Waals surface area contributed by atoms with Gasteiger partial charge in [0.25, 0.3) is 0 Å². The van der Waals surface area contributed by atoms with E-state index in [1.807, 2.05) is 0 Å². The number of fused-ring (bicyclic) bond motifs is 1. The largest absolute Gasteiger partial charge is 0.479 e. The van der Waals surface area contributed by atoms with E-state index >= 15 is 0 Å². The van der Waals surface area contributed by atoms with Crippen molar-refractivity contribution in [1.82, 2.24) is 4.98 Å². The zero-order valence-corrected chi connectivity index (χ0v) is 9.94. The van der Waals surface area contributed by atoms with Crippen LogP contribution in [0.1, 0.15) is 11.7 Å². The summed E-state index contributed by atoms with van der Waals surface area (Å²) in [6.45, 7) is 0. The lowest BCUT2D eigenvalue weighted by Crippen LogP contribution is -2.27. The van der Waals surface area contributed by atoms with Gasteiger partial charge >= 0.3 is 5.97 Å². The Morgan fingerprint density at radius 2 is 2.12 bits per heavy atom. The number of aliphatic hydroxyl groups excluding tert-OH is 2. The van der Waals surface area contributed by atoms with E-state index in [4.69, 9.17) is 16.7 Å². The number of carboxylic acids is 1. The van der Waals surface area contributed by atoms with Gasteiger partial charge in [0.2, 0.25) is 0 Å². The van der Waals surface area contributed by atoms with Gasteiger partial charge in [0, 0.05) is 0 Å². The fraction of sp³-hybridized carbons (Fsp3) is 0.200. The molecule has 0 spiro atoms. The van der Waals surface area contributed by atoms with E-state index in [-0.39, 0.29) is 0 Å². The van der Waals surface area contributed by atoms with E-state index in [9.17, 15) is 15.0 Å². The fourth-order valence-corrected chi connectivity index (χ4v) is 2.49. The zero-order chi connectivity index (χ0) is 12.6. The molecular formula is C10H8ClNO4S. The molecule has 90 valence electrons. The van der Waals surface area contributed by atoms with Crippen molar-refractivity contribution in [3.63, 3.8) is 0 Å². The van der Waals surface area contributed by atoms with Gasteiger partial charge in [0.15, 0.2) is 10.6 Å². The second-order valence-corrected chi connectivity index (χ2v) is 5.03. The first-order chi connectivity index (χ1) is 7.99. The van der Waals surface area contributed by atoms with Gasteiger partial charge in [-0.15, -0.1) is 11.3 Å². The number of hydrogen-bond acceptors (Lipinski definition) is 5. The van der Waals surface area contributed by atoms with Crippen LogP contribution in [0.5, 0.6) is 0 Å². The molecule has 0 amide bonds. The highest BCUT2D eigenvalue weighted by atomic mass is 35.5. The number of halogens is 1. The lowest BCUT2D eigenvalue weighted by atomic mass is 10.0. The molecular weight excluding hydrogens is 266 g/mol. The molecule has 0 aliphatic heterocycles. The summed E-state index contributed by atoms with van der Waals surface area (Å²) in [7, 11) is 0. The van der Waals surface area contributed by atoms with Crippen LogP contribution in [0.2, 0.25) is 4.47 Å². The molecule has 17 heavy (non-hydrogen) atoms. The highest BCUT2D eigenvalue weighted by molar-refractivity contribution is 7.22. The van der Waals surface area contributed by atoms with Crippen molar-refractivity contribution in [3.05, 3.63) is 28.2 Å². The van der Waals surface area contributed by atoms with E-state index in [1.165, 1.54) is 17.4 Å². The van der Waals surface area contributed by atoms with Crippen LogP contribution < -0.4 is 0 Å². The average Bonchev–Trinajstić information content (AvgIpc) is 2.65. The van der Waals surface area contributed by atoms with Gasteiger partial charge in [-0.1, -0.05) is 17.7 Å². The number of thiazole rings is 1. The molecule has 1 aromatic heterocycles. The SMILES string of the molecule is O=C(O)C(O)C(O)c1ccc2nc(Cl)sc2c1. The Balaban J connectivity index is 2.38. The first-order valence-electron chi connectivity index (χ1n) is 4.64. The van der Waals surface area contributed by atoms with Crippen LogP contribution in [0.4, 0.5) is 0 Å². The highest BCUT2D eigenvalue weighted by Gasteiger charge is 2.25. The smallest absolute Gasteiger partial charge is 0.335 e. The maximum atomic E-state index is 10.5. The maximum absolute atomic E-state index is 10.5. The molecule has 2 aromatic rings. The molecule has 1 aromatic carbocycles. The van der Waals surface area contributed by atoms with Crippen LogP contribution in [0.15, 0.2) is 18.2 Å². The number of aliphatic hydroxyl groups is 2. The number of benzene rings is 1. The molecule has 0 radical (unpaired) electrons. The van der Waals surface area contributed by atoms with E-state index < -0.39 is 18.2 Å². The molecule has 2 unspecified atom stereocenters. The van der Waals surface area contributed by atoms with Crippen molar-refractivity contribution >= 4 is 39.1 Å².